The highest BCUT2D eigenvalue weighted by Gasteiger charge is 2.25. The van der Waals surface area contributed by atoms with Gasteiger partial charge in [0.1, 0.15) is 17.7 Å². The standard InChI is InChI=1S/C14H22N4O3S/c1-10-16-12(8-14(17-10)15-4-7-22(3)20)13-9-18(11(2)19)5-6-21-13/h8,13H,4-7,9H2,1-3H3,(H,15,16,17)/t13-,22-/m0/s1. The first-order valence-electron chi connectivity index (χ1n) is 7.22. The number of morpholine rings is 1. The molecule has 1 aliphatic rings. The van der Waals surface area contributed by atoms with Gasteiger partial charge < -0.3 is 15.0 Å². The van der Waals surface area contributed by atoms with Crippen molar-refractivity contribution in [1.82, 2.24) is 14.9 Å². The Morgan fingerprint density at radius 1 is 1.55 bits per heavy atom. The van der Waals surface area contributed by atoms with Crippen LogP contribution >= 0.6 is 0 Å². The number of amides is 1. The van der Waals surface area contributed by atoms with Gasteiger partial charge in [0.15, 0.2) is 0 Å². The highest BCUT2D eigenvalue weighted by Crippen LogP contribution is 2.22. The number of aromatic nitrogens is 2. The van der Waals surface area contributed by atoms with E-state index in [9.17, 15) is 9.00 Å². The van der Waals surface area contributed by atoms with Crippen LogP contribution in [-0.2, 0) is 20.3 Å². The maximum atomic E-state index is 11.5. The van der Waals surface area contributed by atoms with Gasteiger partial charge in [-0.15, -0.1) is 0 Å². The number of nitrogens with zero attached hydrogens (tertiary/aromatic N) is 3. The van der Waals surface area contributed by atoms with Gasteiger partial charge in [-0.3, -0.25) is 9.00 Å². The second-order valence-electron chi connectivity index (χ2n) is 5.25. The van der Waals surface area contributed by atoms with Crippen LogP contribution in [0.1, 0.15) is 24.5 Å². The van der Waals surface area contributed by atoms with Crippen LogP contribution in [0.15, 0.2) is 6.07 Å². The third-order valence-electron chi connectivity index (χ3n) is 3.40. The minimum Gasteiger partial charge on any atom is -0.369 e. The number of carbonyl (C=O) groups is 1. The second kappa shape index (κ2) is 7.64. The Balaban J connectivity index is 2.08. The Morgan fingerprint density at radius 3 is 3.00 bits per heavy atom. The molecule has 1 fully saturated rings. The molecule has 2 heterocycles. The summed E-state index contributed by atoms with van der Waals surface area (Å²) in [7, 11) is -0.839. The minimum absolute atomic E-state index is 0.0443. The summed E-state index contributed by atoms with van der Waals surface area (Å²) in [5, 5.41) is 3.15. The molecule has 1 amide bonds. The number of hydrogen-bond acceptors (Lipinski definition) is 6. The van der Waals surface area contributed by atoms with E-state index in [4.69, 9.17) is 4.74 Å². The van der Waals surface area contributed by atoms with E-state index < -0.39 is 10.8 Å². The lowest BCUT2D eigenvalue weighted by molar-refractivity contribution is -0.136. The molecule has 1 N–H and O–H groups in total. The molecule has 0 spiro atoms. The van der Waals surface area contributed by atoms with Crippen LogP contribution in [0.3, 0.4) is 0 Å². The smallest absolute Gasteiger partial charge is 0.219 e. The lowest BCUT2D eigenvalue weighted by Crippen LogP contribution is -2.41. The molecule has 0 aromatic carbocycles. The van der Waals surface area contributed by atoms with Crippen LogP contribution in [0.5, 0.6) is 0 Å². The van der Waals surface area contributed by atoms with Crippen molar-refractivity contribution in [2.75, 3.05) is 43.6 Å². The average Bonchev–Trinajstić information content (AvgIpc) is 2.46. The monoisotopic (exact) mass is 326 g/mol. The lowest BCUT2D eigenvalue weighted by atomic mass is 10.2. The fourth-order valence-electron chi connectivity index (χ4n) is 2.28. The van der Waals surface area contributed by atoms with Gasteiger partial charge in [-0.25, -0.2) is 9.97 Å². The van der Waals surface area contributed by atoms with E-state index in [-0.39, 0.29) is 12.0 Å². The Hall–Kier alpha value is -1.54. The molecule has 2 rings (SSSR count). The average molecular weight is 326 g/mol. The van der Waals surface area contributed by atoms with Gasteiger partial charge in [0.25, 0.3) is 0 Å². The van der Waals surface area contributed by atoms with Gasteiger partial charge in [-0.1, -0.05) is 0 Å². The topological polar surface area (TPSA) is 84.4 Å². The number of ether oxygens (including phenoxy) is 1. The molecule has 7 nitrogen and oxygen atoms in total. The molecular formula is C14H22N4O3S. The summed E-state index contributed by atoms with van der Waals surface area (Å²) in [6.07, 6.45) is 1.44. The summed E-state index contributed by atoms with van der Waals surface area (Å²) < 4.78 is 16.8. The van der Waals surface area contributed by atoms with Gasteiger partial charge in [-0.2, -0.15) is 0 Å². The fraction of sp³-hybridized carbons (Fsp3) is 0.643. The van der Waals surface area contributed by atoms with Crippen molar-refractivity contribution in [1.29, 1.82) is 0 Å². The maximum absolute atomic E-state index is 11.5. The van der Waals surface area contributed by atoms with E-state index in [1.54, 1.807) is 18.1 Å². The van der Waals surface area contributed by atoms with Crippen molar-refractivity contribution in [3.63, 3.8) is 0 Å². The van der Waals surface area contributed by atoms with Crippen LogP contribution < -0.4 is 5.32 Å². The van der Waals surface area contributed by atoms with Gasteiger partial charge in [0, 0.05) is 48.9 Å². The van der Waals surface area contributed by atoms with Gasteiger partial charge in [0.2, 0.25) is 5.91 Å². The van der Waals surface area contributed by atoms with E-state index in [0.29, 0.717) is 43.6 Å². The highest BCUT2D eigenvalue weighted by molar-refractivity contribution is 7.84. The molecule has 0 aliphatic carbocycles. The number of hydrogen-bond donors (Lipinski definition) is 1. The normalized spacial score (nSPS) is 19.8. The third kappa shape index (κ3) is 4.74. The van der Waals surface area contributed by atoms with Crippen LogP contribution in [0, 0.1) is 6.92 Å². The van der Waals surface area contributed by atoms with Gasteiger partial charge in [0.05, 0.1) is 18.8 Å². The second-order valence-corrected chi connectivity index (χ2v) is 6.81. The summed E-state index contributed by atoms with van der Waals surface area (Å²) in [6, 6.07) is 1.83. The van der Waals surface area contributed by atoms with Crippen molar-refractivity contribution >= 4 is 22.5 Å². The molecule has 1 saturated heterocycles. The summed E-state index contributed by atoms with van der Waals surface area (Å²) in [4.78, 5) is 22.0. The van der Waals surface area contributed by atoms with Crippen molar-refractivity contribution in [3.05, 3.63) is 17.6 Å². The van der Waals surface area contributed by atoms with Crippen LogP contribution in [-0.4, -0.2) is 63.2 Å². The van der Waals surface area contributed by atoms with Crippen molar-refractivity contribution < 1.29 is 13.7 Å². The van der Waals surface area contributed by atoms with E-state index in [1.807, 2.05) is 13.0 Å². The number of aryl methyl sites for hydroxylation is 1. The number of nitrogens with one attached hydrogen (secondary N) is 1. The SMILES string of the molecule is CC(=O)N1CCO[C@H](c2cc(NCC[S@](C)=O)nc(C)n2)C1. The predicted octanol–water partition coefficient (Wildman–Crippen LogP) is 0.495. The van der Waals surface area contributed by atoms with E-state index in [2.05, 4.69) is 15.3 Å². The Morgan fingerprint density at radius 2 is 2.32 bits per heavy atom. The van der Waals surface area contributed by atoms with Crippen molar-refractivity contribution in [3.8, 4) is 0 Å². The summed E-state index contributed by atoms with van der Waals surface area (Å²) in [6.45, 7) is 5.59. The maximum Gasteiger partial charge on any atom is 0.219 e. The number of carbonyl (C=O) groups excluding carboxylic acids is 1. The molecule has 122 valence electrons. The quantitative estimate of drug-likeness (QED) is 0.848. The summed E-state index contributed by atoms with van der Waals surface area (Å²) in [5.74, 6) is 1.94. The van der Waals surface area contributed by atoms with Crippen LogP contribution in [0.4, 0.5) is 5.82 Å². The minimum atomic E-state index is -0.839. The lowest BCUT2D eigenvalue weighted by Gasteiger charge is -2.32. The first-order chi connectivity index (χ1) is 10.5. The largest absolute Gasteiger partial charge is 0.369 e. The van der Waals surface area contributed by atoms with E-state index >= 15 is 0 Å². The molecule has 0 saturated carbocycles. The van der Waals surface area contributed by atoms with Crippen molar-refractivity contribution in [2.45, 2.75) is 20.0 Å². The number of anilines is 1. The van der Waals surface area contributed by atoms with Gasteiger partial charge >= 0.3 is 0 Å². The zero-order valence-electron chi connectivity index (χ0n) is 13.2. The number of rotatable bonds is 5. The molecule has 0 radical (unpaired) electrons. The van der Waals surface area contributed by atoms with Crippen molar-refractivity contribution in [2.24, 2.45) is 0 Å². The highest BCUT2D eigenvalue weighted by atomic mass is 32.2. The zero-order valence-corrected chi connectivity index (χ0v) is 14.0. The Kier molecular flexibility index (Phi) is 5.84. The Labute approximate surface area is 132 Å². The summed E-state index contributed by atoms with van der Waals surface area (Å²) >= 11 is 0. The van der Waals surface area contributed by atoms with Crippen LogP contribution in [0.2, 0.25) is 0 Å². The molecule has 8 heteroatoms. The molecular weight excluding hydrogens is 304 g/mol. The molecule has 22 heavy (non-hydrogen) atoms. The molecule has 1 aromatic heterocycles. The predicted molar refractivity (Wildman–Crippen MR) is 85.1 cm³/mol. The Bertz CT molecular complexity index is 567. The molecule has 1 aromatic rings. The van der Waals surface area contributed by atoms with Crippen LogP contribution in [0.25, 0.3) is 0 Å². The molecule has 1 aliphatic heterocycles. The first kappa shape index (κ1) is 16.8. The van der Waals surface area contributed by atoms with Gasteiger partial charge in [-0.05, 0) is 6.92 Å². The molecule has 0 unspecified atom stereocenters. The molecule has 2 atom stereocenters. The summed E-state index contributed by atoms with van der Waals surface area (Å²) in [5.41, 5.74) is 0.763. The molecule has 0 bridgehead atoms. The van der Waals surface area contributed by atoms with E-state index in [0.717, 1.165) is 5.69 Å². The van der Waals surface area contributed by atoms with E-state index in [1.165, 1.54) is 0 Å². The third-order valence-corrected chi connectivity index (χ3v) is 4.17. The zero-order chi connectivity index (χ0) is 16.1. The first-order valence-corrected chi connectivity index (χ1v) is 8.95. The fourth-order valence-corrected chi connectivity index (χ4v) is 2.67.